The van der Waals surface area contributed by atoms with Crippen LogP contribution in [-0.2, 0) is 6.54 Å². The molecular formula is C18H24N4O. The van der Waals surface area contributed by atoms with E-state index in [1.54, 1.807) is 0 Å². The number of imidazole rings is 1. The number of carbonyl (C=O) groups excluding carboxylic acids is 1. The van der Waals surface area contributed by atoms with E-state index in [0.29, 0.717) is 11.5 Å². The molecule has 0 bridgehead atoms. The Bertz CT molecular complexity index is 760. The van der Waals surface area contributed by atoms with E-state index in [2.05, 4.69) is 33.9 Å². The summed E-state index contributed by atoms with van der Waals surface area (Å²) in [6, 6.07) is 5.65. The van der Waals surface area contributed by atoms with Gasteiger partial charge in [-0.2, -0.15) is 5.10 Å². The Morgan fingerprint density at radius 2 is 2.26 bits per heavy atom. The van der Waals surface area contributed by atoms with E-state index in [-0.39, 0.29) is 5.91 Å². The van der Waals surface area contributed by atoms with Crippen LogP contribution in [0.1, 0.15) is 55.7 Å². The third kappa shape index (κ3) is 3.14. The molecule has 2 aromatic rings. The summed E-state index contributed by atoms with van der Waals surface area (Å²) in [4.78, 5) is 16.9. The summed E-state index contributed by atoms with van der Waals surface area (Å²) >= 11 is 0. The van der Waals surface area contributed by atoms with Gasteiger partial charge in [0, 0.05) is 17.8 Å². The molecule has 1 aliphatic carbocycles. The van der Waals surface area contributed by atoms with Crippen molar-refractivity contribution in [3.63, 3.8) is 0 Å². The molecule has 1 saturated carbocycles. The van der Waals surface area contributed by atoms with Crippen LogP contribution in [-0.4, -0.2) is 21.2 Å². The van der Waals surface area contributed by atoms with E-state index < -0.39 is 0 Å². The number of amides is 1. The Balaban J connectivity index is 1.79. The first-order valence-electron chi connectivity index (χ1n) is 8.43. The number of nitrogens with zero attached hydrogens (tertiary/aromatic N) is 3. The molecule has 5 nitrogen and oxygen atoms in total. The van der Waals surface area contributed by atoms with Gasteiger partial charge < -0.3 is 4.57 Å². The van der Waals surface area contributed by atoms with E-state index in [0.717, 1.165) is 42.0 Å². The maximum atomic E-state index is 12.3. The number of aryl methyl sites for hydroxylation is 2. The van der Waals surface area contributed by atoms with Gasteiger partial charge in [-0.3, -0.25) is 4.79 Å². The number of hydrogen-bond acceptors (Lipinski definition) is 3. The lowest BCUT2D eigenvalue weighted by Crippen LogP contribution is -2.24. The van der Waals surface area contributed by atoms with Crippen LogP contribution < -0.4 is 5.43 Å². The average Bonchev–Trinajstić information content (AvgIpc) is 2.87. The highest BCUT2D eigenvalue weighted by Crippen LogP contribution is 2.21. The Morgan fingerprint density at radius 3 is 3.00 bits per heavy atom. The van der Waals surface area contributed by atoms with Crippen molar-refractivity contribution in [1.29, 1.82) is 0 Å². The van der Waals surface area contributed by atoms with Crippen LogP contribution in [0.5, 0.6) is 0 Å². The molecule has 1 aromatic heterocycles. The summed E-state index contributed by atoms with van der Waals surface area (Å²) in [5.74, 6) is 1.27. The van der Waals surface area contributed by atoms with Crippen LogP contribution in [0, 0.1) is 12.8 Å². The summed E-state index contributed by atoms with van der Waals surface area (Å²) in [5, 5.41) is 4.35. The minimum Gasteiger partial charge on any atom is -0.329 e. The van der Waals surface area contributed by atoms with Gasteiger partial charge in [0.1, 0.15) is 5.82 Å². The fraction of sp³-hybridized carbons (Fsp3) is 0.500. The monoisotopic (exact) mass is 312 g/mol. The molecule has 1 atom stereocenters. The van der Waals surface area contributed by atoms with Crippen molar-refractivity contribution in [3.8, 4) is 0 Å². The molecule has 5 heteroatoms. The van der Waals surface area contributed by atoms with Gasteiger partial charge in [-0.1, -0.05) is 13.3 Å². The number of aromatic nitrogens is 2. The number of rotatable bonds is 3. The van der Waals surface area contributed by atoms with Crippen molar-refractivity contribution in [1.82, 2.24) is 15.0 Å². The number of benzene rings is 1. The fourth-order valence-electron chi connectivity index (χ4n) is 3.31. The van der Waals surface area contributed by atoms with Crippen LogP contribution in [0.2, 0.25) is 0 Å². The van der Waals surface area contributed by atoms with Gasteiger partial charge in [0.15, 0.2) is 0 Å². The second-order valence-electron chi connectivity index (χ2n) is 6.30. The quantitative estimate of drug-likeness (QED) is 0.879. The molecule has 1 fully saturated rings. The van der Waals surface area contributed by atoms with Gasteiger partial charge in [-0.25, -0.2) is 10.4 Å². The summed E-state index contributed by atoms with van der Waals surface area (Å²) in [5.41, 5.74) is 6.35. The van der Waals surface area contributed by atoms with Gasteiger partial charge in [0.25, 0.3) is 5.91 Å². The van der Waals surface area contributed by atoms with E-state index in [9.17, 15) is 4.79 Å². The SMILES string of the molecule is CCn1c(C)nc2cc(C(=O)N/N=C3/CCCC[C@@H]3C)ccc21. The normalized spacial score (nSPS) is 20.1. The van der Waals surface area contributed by atoms with Crippen LogP contribution in [0.15, 0.2) is 23.3 Å². The van der Waals surface area contributed by atoms with Crippen LogP contribution in [0.3, 0.4) is 0 Å². The van der Waals surface area contributed by atoms with Gasteiger partial charge in [0.2, 0.25) is 0 Å². The molecule has 23 heavy (non-hydrogen) atoms. The first-order valence-corrected chi connectivity index (χ1v) is 8.43. The summed E-state index contributed by atoms with van der Waals surface area (Å²) in [6.07, 6.45) is 4.57. The third-order valence-electron chi connectivity index (χ3n) is 4.71. The maximum Gasteiger partial charge on any atom is 0.271 e. The predicted octanol–water partition coefficient (Wildman–Crippen LogP) is 3.66. The molecule has 0 radical (unpaired) electrons. The first kappa shape index (κ1) is 15.7. The molecule has 1 N–H and O–H groups in total. The van der Waals surface area contributed by atoms with Gasteiger partial charge in [-0.05, 0) is 57.2 Å². The summed E-state index contributed by atoms with van der Waals surface area (Å²) < 4.78 is 2.14. The zero-order chi connectivity index (χ0) is 16.4. The zero-order valence-corrected chi connectivity index (χ0v) is 14.1. The van der Waals surface area contributed by atoms with Crippen LogP contribution in [0.25, 0.3) is 11.0 Å². The molecule has 1 aromatic carbocycles. The number of nitrogens with one attached hydrogen (secondary N) is 1. The fourth-order valence-corrected chi connectivity index (χ4v) is 3.31. The molecule has 0 aliphatic heterocycles. The Kier molecular flexibility index (Phi) is 4.46. The number of hydrazone groups is 1. The summed E-state index contributed by atoms with van der Waals surface area (Å²) in [7, 11) is 0. The molecular weight excluding hydrogens is 288 g/mol. The molecule has 0 unspecified atom stereocenters. The predicted molar refractivity (Wildman–Crippen MR) is 92.7 cm³/mol. The summed E-state index contributed by atoms with van der Waals surface area (Å²) in [6.45, 7) is 7.13. The second kappa shape index (κ2) is 6.52. The van der Waals surface area contributed by atoms with E-state index in [4.69, 9.17) is 0 Å². The van der Waals surface area contributed by atoms with Crippen molar-refractivity contribution in [2.45, 2.75) is 53.0 Å². The number of hydrogen-bond donors (Lipinski definition) is 1. The van der Waals surface area contributed by atoms with Gasteiger partial charge >= 0.3 is 0 Å². The van der Waals surface area contributed by atoms with Gasteiger partial charge in [0.05, 0.1) is 11.0 Å². The van der Waals surface area contributed by atoms with Crippen molar-refractivity contribution in [2.75, 3.05) is 0 Å². The van der Waals surface area contributed by atoms with Crippen molar-refractivity contribution >= 4 is 22.7 Å². The molecule has 0 spiro atoms. The maximum absolute atomic E-state index is 12.3. The minimum atomic E-state index is -0.166. The molecule has 1 aliphatic rings. The highest BCUT2D eigenvalue weighted by atomic mass is 16.2. The Morgan fingerprint density at radius 1 is 1.43 bits per heavy atom. The van der Waals surface area contributed by atoms with E-state index in [1.807, 2.05) is 25.1 Å². The largest absolute Gasteiger partial charge is 0.329 e. The van der Waals surface area contributed by atoms with Crippen molar-refractivity contribution in [2.24, 2.45) is 11.0 Å². The molecule has 1 heterocycles. The lowest BCUT2D eigenvalue weighted by atomic mass is 9.89. The number of fused-ring (bicyclic) bond motifs is 1. The lowest BCUT2D eigenvalue weighted by molar-refractivity contribution is 0.0954. The van der Waals surface area contributed by atoms with Crippen LogP contribution >= 0.6 is 0 Å². The van der Waals surface area contributed by atoms with E-state index in [1.165, 1.54) is 12.8 Å². The van der Waals surface area contributed by atoms with Gasteiger partial charge in [-0.15, -0.1) is 0 Å². The third-order valence-corrected chi connectivity index (χ3v) is 4.71. The average molecular weight is 312 g/mol. The molecule has 1 amide bonds. The highest BCUT2D eigenvalue weighted by molar-refractivity contribution is 5.98. The lowest BCUT2D eigenvalue weighted by Gasteiger charge is -2.19. The molecule has 122 valence electrons. The second-order valence-corrected chi connectivity index (χ2v) is 6.30. The zero-order valence-electron chi connectivity index (χ0n) is 14.1. The Labute approximate surface area is 136 Å². The minimum absolute atomic E-state index is 0.166. The first-order chi connectivity index (χ1) is 11.1. The standard InChI is InChI=1S/C18H24N4O/c1-4-22-13(3)19-16-11-14(9-10-17(16)22)18(23)21-20-15-8-6-5-7-12(15)2/h9-12H,4-8H2,1-3H3,(H,21,23)/b20-15-/t12-/m0/s1. The topological polar surface area (TPSA) is 59.3 Å². The van der Waals surface area contributed by atoms with Crippen molar-refractivity contribution in [3.05, 3.63) is 29.6 Å². The Hall–Kier alpha value is -2.17. The highest BCUT2D eigenvalue weighted by Gasteiger charge is 2.16. The van der Waals surface area contributed by atoms with E-state index >= 15 is 0 Å². The van der Waals surface area contributed by atoms with Crippen molar-refractivity contribution < 1.29 is 4.79 Å². The smallest absolute Gasteiger partial charge is 0.271 e. The van der Waals surface area contributed by atoms with Crippen LogP contribution in [0.4, 0.5) is 0 Å². The number of carbonyl (C=O) groups is 1. The molecule has 3 rings (SSSR count). The molecule has 0 saturated heterocycles.